The minimum Gasteiger partial charge on any atom is -0.508 e. The van der Waals surface area contributed by atoms with Crippen molar-refractivity contribution in [2.24, 2.45) is 0 Å². The van der Waals surface area contributed by atoms with Crippen LogP contribution in [-0.4, -0.2) is 72.4 Å². The lowest BCUT2D eigenvalue weighted by atomic mass is 9.99. The van der Waals surface area contributed by atoms with Crippen LogP contribution < -0.4 is 10.2 Å². The summed E-state index contributed by atoms with van der Waals surface area (Å²) in [5.41, 5.74) is -0.573. The lowest BCUT2D eigenvalue weighted by molar-refractivity contribution is -0.271. The van der Waals surface area contributed by atoms with Gasteiger partial charge >= 0.3 is 5.97 Å². The molecule has 1 aliphatic rings. The van der Waals surface area contributed by atoms with Crippen LogP contribution in [0.25, 0.3) is 22.3 Å². The summed E-state index contributed by atoms with van der Waals surface area (Å²) in [6, 6.07) is 7.67. The van der Waals surface area contributed by atoms with Gasteiger partial charge in [0.25, 0.3) is 0 Å². The van der Waals surface area contributed by atoms with E-state index in [-0.39, 0.29) is 22.5 Å². The monoisotopic (exact) mass is 462 g/mol. The van der Waals surface area contributed by atoms with Gasteiger partial charge in [-0.05, 0) is 24.3 Å². The van der Waals surface area contributed by atoms with Crippen LogP contribution in [0.4, 0.5) is 0 Å². The van der Waals surface area contributed by atoms with Crippen molar-refractivity contribution in [1.82, 2.24) is 0 Å². The number of carboxylic acid groups (broad SMARTS) is 1. The average molecular weight is 462 g/mol. The molecule has 0 saturated carbocycles. The van der Waals surface area contributed by atoms with Crippen molar-refractivity contribution in [2.45, 2.75) is 30.7 Å². The molecule has 12 heteroatoms. The van der Waals surface area contributed by atoms with Crippen LogP contribution in [-0.2, 0) is 9.53 Å². The van der Waals surface area contributed by atoms with E-state index in [1.807, 2.05) is 0 Å². The van der Waals surface area contributed by atoms with Gasteiger partial charge in [0.2, 0.25) is 12.0 Å². The lowest BCUT2D eigenvalue weighted by Crippen LogP contribution is -2.61. The zero-order chi connectivity index (χ0) is 24.0. The van der Waals surface area contributed by atoms with E-state index in [1.54, 1.807) is 0 Å². The summed E-state index contributed by atoms with van der Waals surface area (Å²) in [6.07, 6.45) is -9.89. The van der Waals surface area contributed by atoms with Crippen molar-refractivity contribution in [3.05, 3.63) is 46.6 Å². The minimum absolute atomic E-state index is 0.0156. The molecule has 0 spiro atoms. The van der Waals surface area contributed by atoms with Crippen LogP contribution in [0, 0.1) is 0 Å². The Labute approximate surface area is 183 Å². The lowest BCUT2D eigenvalue weighted by Gasteiger charge is -2.38. The van der Waals surface area contributed by atoms with Gasteiger partial charge in [0.1, 0.15) is 40.8 Å². The summed E-state index contributed by atoms with van der Waals surface area (Å²) in [5.74, 6) is -4.03. The molecule has 3 aromatic rings. The van der Waals surface area contributed by atoms with E-state index in [1.165, 1.54) is 24.3 Å². The van der Waals surface area contributed by atoms with E-state index in [2.05, 4.69) is 0 Å². The Morgan fingerprint density at radius 1 is 0.939 bits per heavy atom. The van der Waals surface area contributed by atoms with Crippen molar-refractivity contribution < 1.29 is 54.4 Å². The molecule has 2 aromatic carbocycles. The normalized spacial score (nSPS) is 25.1. The number of aliphatic hydroxyl groups is 3. The van der Waals surface area contributed by atoms with E-state index in [0.29, 0.717) is 5.56 Å². The molecule has 4 rings (SSSR count). The van der Waals surface area contributed by atoms with Crippen molar-refractivity contribution in [2.75, 3.05) is 0 Å². The molecule has 1 aromatic heterocycles. The molecule has 33 heavy (non-hydrogen) atoms. The number of benzene rings is 2. The molecular weight excluding hydrogens is 444 g/mol. The molecule has 0 amide bonds. The van der Waals surface area contributed by atoms with Crippen molar-refractivity contribution in [3.63, 3.8) is 0 Å². The number of aliphatic carboxylic acids is 1. The summed E-state index contributed by atoms with van der Waals surface area (Å²) < 4.78 is 16.0. The topological polar surface area (TPSA) is 207 Å². The van der Waals surface area contributed by atoms with E-state index in [9.17, 15) is 40.2 Å². The van der Waals surface area contributed by atoms with E-state index in [0.717, 1.165) is 12.1 Å². The van der Waals surface area contributed by atoms with Gasteiger partial charge < -0.3 is 49.6 Å². The number of phenolic OH excluding ortho intramolecular Hbond substituents is 3. The van der Waals surface area contributed by atoms with Gasteiger partial charge in [-0.1, -0.05) is 0 Å². The molecule has 2 heterocycles. The third kappa shape index (κ3) is 3.91. The third-order valence-electron chi connectivity index (χ3n) is 5.13. The van der Waals surface area contributed by atoms with Crippen LogP contribution in [0.2, 0.25) is 0 Å². The summed E-state index contributed by atoms with van der Waals surface area (Å²) in [7, 11) is 0. The molecule has 0 unspecified atom stereocenters. The first-order valence-corrected chi connectivity index (χ1v) is 9.49. The first-order chi connectivity index (χ1) is 15.6. The van der Waals surface area contributed by atoms with Gasteiger partial charge in [0.05, 0.1) is 0 Å². The second kappa shape index (κ2) is 8.26. The molecule has 7 N–H and O–H groups in total. The molecule has 0 bridgehead atoms. The predicted molar refractivity (Wildman–Crippen MR) is 108 cm³/mol. The standard InChI is InChI=1S/C21H18O12/c22-8-3-1-7(2-4-8)11-5-9(23)13-12(31-11)6-10(24)14(25)18(13)32-21-17(28)15(26)16(27)19(33-21)20(29)30/h1-6,15-17,19,21-22,24-28H,(H,29,30)/t15-,16-,17+,19-,21+/m0/s1. The number of hydrogen-bond donors (Lipinski definition) is 7. The Morgan fingerprint density at radius 2 is 1.61 bits per heavy atom. The highest BCUT2D eigenvalue weighted by Crippen LogP contribution is 2.43. The van der Waals surface area contributed by atoms with E-state index < -0.39 is 59.4 Å². The number of aliphatic hydroxyl groups excluding tert-OH is 3. The van der Waals surface area contributed by atoms with Crippen LogP contribution in [0.1, 0.15) is 0 Å². The Balaban J connectivity index is 1.80. The first kappa shape index (κ1) is 22.4. The zero-order valence-electron chi connectivity index (χ0n) is 16.5. The van der Waals surface area contributed by atoms with Crippen molar-refractivity contribution in [1.29, 1.82) is 0 Å². The minimum atomic E-state index is -1.99. The Bertz CT molecular complexity index is 1260. The van der Waals surface area contributed by atoms with Crippen molar-refractivity contribution >= 4 is 16.9 Å². The van der Waals surface area contributed by atoms with Gasteiger partial charge in [-0.3, -0.25) is 4.79 Å². The molecule has 1 aliphatic heterocycles. The van der Waals surface area contributed by atoms with Crippen molar-refractivity contribution in [3.8, 4) is 34.3 Å². The van der Waals surface area contributed by atoms with Crippen LogP contribution in [0.3, 0.4) is 0 Å². The summed E-state index contributed by atoms with van der Waals surface area (Å²) >= 11 is 0. The summed E-state index contributed by atoms with van der Waals surface area (Å²) in [4.78, 5) is 24.2. The number of fused-ring (bicyclic) bond motifs is 1. The zero-order valence-corrected chi connectivity index (χ0v) is 16.5. The SMILES string of the molecule is O=C(O)[C@H]1O[C@@H](Oc2c(O)c(O)cc3oc(-c4ccc(O)cc4)cc(=O)c23)[C@H](O)[C@@H](O)[C@@H]1O. The highest BCUT2D eigenvalue weighted by atomic mass is 16.7. The average Bonchev–Trinajstić information content (AvgIpc) is 2.76. The van der Waals surface area contributed by atoms with Gasteiger partial charge in [-0.2, -0.15) is 0 Å². The number of carboxylic acids is 1. The van der Waals surface area contributed by atoms with Gasteiger partial charge in [0.15, 0.2) is 23.0 Å². The number of phenols is 3. The molecule has 12 nitrogen and oxygen atoms in total. The Morgan fingerprint density at radius 3 is 2.24 bits per heavy atom. The van der Waals surface area contributed by atoms with E-state index >= 15 is 0 Å². The fourth-order valence-electron chi connectivity index (χ4n) is 3.41. The predicted octanol–water partition coefficient (Wildman–Crippen LogP) is -0.152. The Hall–Kier alpha value is -3.84. The van der Waals surface area contributed by atoms with Gasteiger partial charge in [0, 0.05) is 17.7 Å². The van der Waals surface area contributed by atoms with Crippen LogP contribution in [0.15, 0.2) is 45.6 Å². The fraction of sp³-hybridized carbons (Fsp3) is 0.238. The summed E-state index contributed by atoms with van der Waals surface area (Å²) in [5, 5.41) is 68.5. The number of hydrogen-bond acceptors (Lipinski definition) is 11. The highest BCUT2D eigenvalue weighted by molar-refractivity contribution is 5.89. The maximum absolute atomic E-state index is 12.9. The van der Waals surface area contributed by atoms with E-state index in [4.69, 9.17) is 19.0 Å². The first-order valence-electron chi connectivity index (χ1n) is 9.49. The number of ether oxygens (including phenoxy) is 2. The number of carbonyl (C=O) groups is 1. The van der Waals surface area contributed by atoms with Crippen LogP contribution >= 0.6 is 0 Å². The maximum Gasteiger partial charge on any atom is 0.335 e. The second-order valence-electron chi connectivity index (χ2n) is 7.32. The highest BCUT2D eigenvalue weighted by Gasteiger charge is 2.48. The molecule has 0 aliphatic carbocycles. The smallest absolute Gasteiger partial charge is 0.335 e. The fourth-order valence-corrected chi connectivity index (χ4v) is 3.41. The molecule has 5 atom stereocenters. The molecule has 174 valence electrons. The molecular formula is C21H18O12. The number of aromatic hydroxyl groups is 3. The summed E-state index contributed by atoms with van der Waals surface area (Å²) in [6.45, 7) is 0. The largest absolute Gasteiger partial charge is 0.508 e. The molecule has 1 saturated heterocycles. The molecule has 1 fully saturated rings. The Kier molecular flexibility index (Phi) is 5.59. The van der Waals surface area contributed by atoms with Gasteiger partial charge in [-0.15, -0.1) is 0 Å². The maximum atomic E-state index is 12.9. The molecule has 0 radical (unpaired) electrons. The second-order valence-corrected chi connectivity index (χ2v) is 7.32. The quantitative estimate of drug-likeness (QED) is 0.253. The third-order valence-corrected chi connectivity index (χ3v) is 5.13. The number of rotatable bonds is 4. The van der Waals surface area contributed by atoms with Crippen LogP contribution in [0.5, 0.6) is 23.0 Å². The van der Waals surface area contributed by atoms with Gasteiger partial charge in [-0.25, -0.2) is 4.79 Å².